The van der Waals surface area contributed by atoms with Crippen molar-refractivity contribution in [3.8, 4) is 0 Å². The maximum Gasteiger partial charge on any atom is 0.293 e. The Hall–Kier alpha value is -1.45. The van der Waals surface area contributed by atoms with Crippen LogP contribution in [0.3, 0.4) is 0 Å². The fraction of sp³-hybridized carbons (Fsp3) is 0.765. The van der Waals surface area contributed by atoms with E-state index in [9.17, 15) is 13.2 Å². The number of hydrogen-bond acceptors (Lipinski definition) is 6. The molecule has 0 radical (unpaired) electrons. The van der Waals surface area contributed by atoms with Crippen LogP contribution in [-0.2, 0) is 21.3 Å². The topological polar surface area (TPSA) is 84.7 Å². The summed E-state index contributed by atoms with van der Waals surface area (Å²) >= 11 is 0. The summed E-state index contributed by atoms with van der Waals surface area (Å²) in [5.74, 6) is 0.703. The molecule has 0 saturated carbocycles. The number of hydrogen-bond donors (Lipinski definition) is 0. The van der Waals surface area contributed by atoms with Crippen molar-refractivity contribution in [2.45, 2.75) is 38.5 Å². The fourth-order valence-corrected chi connectivity index (χ4v) is 5.49. The van der Waals surface area contributed by atoms with Crippen LogP contribution in [0.4, 0.5) is 5.82 Å². The van der Waals surface area contributed by atoms with E-state index in [1.165, 1.54) is 4.31 Å². The van der Waals surface area contributed by atoms with Crippen LogP contribution in [0.5, 0.6) is 0 Å². The lowest BCUT2D eigenvalue weighted by molar-refractivity contribution is 0.0725. The maximum atomic E-state index is 13.0. The first kappa shape index (κ1) is 19.3. The van der Waals surface area contributed by atoms with Crippen LogP contribution >= 0.6 is 0 Å². The van der Waals surface area contributed by atoms with Gasteiger partial charge in [0.25, 0.3) is 5.56 Å². The summed E-state index contributed by atoms with van der Waals surface area (Å²) < 4.78 is 34.4. The van der Waals surface area contributed by atoms with Crippen LogP contribution in [0.15, 0.2) is 17.2 Å². The van der Waals surface area contributed by atoms with Crippen molar-refractivity contribution in [3.05, 3.63) is 22.7 Å². The van der Waals surface area contributed by atoms with E-state index in [1.807, 2.05) is 4.90 Å². The predicted molar refractivity (Wildman–Crippen MR) is 99.9 cm³/mol. The Bertz CT molecular complexity index is 771. The molecule has 1 unspecified atom stereocenters. The third kappa shape index (κ3) is 4.10. The number of anilines is 1. The van der Waals surface area contributed by atoms with Gasteiger partial charge in [0, 0.05) is 45.1 Å². The van der Waals surface area contributed by atoms with E-state index in [0.717, 1.165) is 6.42 Å². The van der Waals surface area contributed by atoms with Gasteiger partial charge in [-0.1, -0.05) is 13.8 Å². The van der Waals surface area contributed by atoms with E-state index in [4.69, 9.17) is 4.74 Å². The molecule has 1 atom stereocenters. The third-order valence-electron chi connectivity index (χ3n) is 4.89. The van der Waals surface area contributed by atoms with Crippen molar-refractivity contribution >= 4 is 15.8 Å². The van der Waals surface area contributed by atoms with Gasteiger partial charge in [0.15, 0.2) is 5.82 Å². The number of ether oxygens (including phenoxy) is 1. The molecule has 3 heterocycles. The second kappa shape index (κ2) is 8.06. The number of rotatable bonds is 5. The molecule has 2 saturated heterocycles. The number of sulfonamides is 1. The standard InChI is InChI=1S/C17H28N4O4S/c1-14(2)12-20-7-5-18-16(17(20)22)19-6-3-4-15(13-19)26(23,24)21-8-10-25-11-9-21/h5,7,14-15H,3-4,6,8-13H2,1-2H3. The minimum atomic E-state index is -3.39. The van der Waals surface area contributed by atoms with Crippen molar-refractivity contribution in [2.24, 2.45) is 5.92 Å². The van der Waals surface area contributed by atoms with E-state index in [2.05, 4.69) is 18.8 Å². The van der Waals surface area contributed by atoms with Gasteiger partial charge in [-0.2, -0.15) is 4.31 Å². The SMILES string of the molecule is CC(C)Cn1ccnc(N2CCCC(S(=O)(=O)N3CCOCC3)C2)c1=O. The highest BCUT2D eigenvalue weighted by molar-refractivity contribution is 7.89. The minimum Gasteiger partial charge on any atom is -0.379 e. The molecule has 0 amide bonds. The van der Waals surface area contributed by atoms with Crippen molar-refractivity contribution in [1.82, 2.24) is 13.9 Å². The van der Waals surface area contributed by atoms with Crippen LogP contribution in [0.25, 0.3) is 0 Å². The summed E-state index contributed by atoms with van der Waals surface area (Å²) in [6.07, 6.45) is 4.66. The van der Waals surface area contributed by atoms with Crippen molar-refractivity contribution in [2.75, 3.05) is 44.3 Å². The van der Waals surface area contributed by atoms with Gasteiger partial charge in [0.2, 0.25) is 10.0 Å². The number of piperidine rings is 1. The highest BCUT2D eigenvalue weighted by atomic mass is 32.2. The molecule has 1 aromatic heterocycles. The van der Waals surface area contributed by atoms with Crippen molar-refractivity contribution in [1.29, 1.82) is 0 Å². The van der Waals surface area contributed by atoms with Gasteiger partial charge in [0.05, 0.1) is 18.5 Å². The Morgan fingerprint density at radius 1 is 1.27 bits per heavy atom. The molecule has 1 aromatic rings. The summed E-state index contributed by atoms with van der Waals surface area (Å²) in [4.78, 5) is 18.8. The Balaban J connectivity index is 1.79. The smallest absolute Gasteiger partial charge is 0.293 e. The molecule has 9 heteroatoms. The monoisotopic (exact) mass is 384 g/mol. The maximum absolute atomic E-state index is 13.0. The highest BCUT2D eigenvalue weighted by Crippen LogP contribution is 2.23. The van der Waals surface area contributed by atoms with Crippen LogP contribution in [-0.4, -0.2) is 66.9 Å². The van der Waals surface area contributed by atoms with Gasteiger partial charge in [-0.25, -0.2) is 13.4 Å². The molecule has 0 bridgehead atoms. The molecule has 0 spiro atoms. The van der Waals surface area contributed by atoms with E-state index >= 15 is 0 Å². The largest absolute Gasteiger partial charge is 0.379 e. The third-order valence-corrected chi connectivity index (χ3v) is 7.20. The van der Waals surface area contributed by atoms with Crippen molar-refractivity contribution < 1.29 is 13.2 Å². The predicted octanol–water partition coefficient (Wildman–Crippen LogP) is 0.530. The first-order valence-corrected chi connectivity index (χ1v) is 10.8. The van der Waals surface area contributed by atoms with Crippen molar-refractivity contribution in [3.63, 3.8) is 0 Å². The average molecular weight is 385 g/mol. The quantitative estimate of drug-likeness (QED) is 0.736. The lowest BCUT2D eigenvalue weighted by Crippen LogP contribution is -2.51. The summed E-state index contributed by atoms with van der Waals surface area (Å²) in [6, 6.07) is 0. The van der Waals surface area contributed by atoms with Gasteiger partial charge in [-0.05, 0) is 18.8 Å². The van der Waals surface area contributed by atoms with Gasteiger partial charge in [-0.3, -0.25) is 4.79 Å². The molecule has 0 aliphatic carbocycles. The van der Waals surface area contributed by atoms with Gasteiger partial charge >= 0.3 is 0 Å². The van der Waals surface area contributed by atoms with Crippen LogP contribution in [0, 0.1) is 5.92 Å². The number of morpholine rings is 1. The zero-order chi connectivity index (χ0) is 18.7. The van der Waals surface area contributed by atoms with Gasteiger partial charge < -0.3 is 14.2 Å². The normalized spacial score (nSPS) is 22.7. The second-order valence-corrected chi connectivity index (χ2v) is 9.58. The van der Waals surface area contributed by atoms with E-state index < -0.39 is 15.3 Å². The Kier molecular flexibility index (Phi) is 5.99. The molecule has 26 heavy (non-hydrogen) atoms. The molecule has 2 aliphatic rings. The molecular formula is C17H28N4O4S. The van der Waals surface area contributed by atoms with E-state index in [1.54, 1.807) is 17.0 Å². The summed E-state index contributed by atoms with van der Waals surface area (Å²) in [6.45, 7) is 7.39. The molecule has 0 aromatic carbocycles. The summed E-state index contributed by atoms with van der Waals surface area (Å²) in [5, 5.41) is -0.505. The number of aromatic nitrogens is 2. The molecule has 146 valence electrons. The molecule has 3 rings (SSSR count). The Morgan fingerprint density at radius 2 is 2.00 bits per heavy atom. The van der Waals surface area contributed by atoms with E-state index in [0.29, 0.717) is 64.1 Å². The van der Waals surface area contributed by atoms with Crippen LogP contribution in [0.1, 0.15) is 26.7 Å². The minimum absolute atomic E-state index is 0.148. The Labute approximate surface area is 154 Å². The molecule has 2 aliphatic heterocycles. The number of nitrogens with zero attached hydrogens (tertiary/aromatic N) is 4. The first-order chi connectivity index (χ1) is 12.4. The van der Waals surface area contributed by atoms with Crippen LogP contribution in [0.2, 0.25) is 0 Å². The molecule has 0 N–H and O–H groups in total. The molecule has 8 nitrogen and oxygen atoms in total. The second-order valence-electron chi connectivity index (χ2n) is 7.37. The zero-order valence-corrected chi connectivity index (χ0v) is 16.3. The average Bonchev–Trinajstić information content (AvgIpc) is 2.64. The fourth-order valence-electron chi connectivity index (χ4n) is 3.58. The molecule has 2 fully saturated rings. The Morgan fingerprint density at radius 3 is 2.69 bits per heavy atom. The lowest BCUT2D eigenvalue weighted by Gasteiger charge is -2.36. The van der Waals surface area contributed by atoms with Gasteiger partial charge in [-0.15, -0.1) is 0 Å². The lowest BCUT2D eigenvalue weighted by atomic mass is 10.1. The zero-order valence-electron chi connectivity index (χ0n) is 15.5. The molecular weight excluding hydrogens is 356 g/mol. The highest BCUT2D eigenvalue weighted by Gasteiger charge is 2.37. The first-order valence-electron chi connectivity index (χ1n) is 9.26. The summed E-state index contributed by atoms with van der Waals surface area (Å²) in [7, 11) is -3.39. The van der Waals surface area contributed by atoms with Gasteiger partial charge in [0.1, 0.15) is 0 Å². The summed E-state index contributed by atoms with van der Waals surface area (Å²) in [5.41, 5.74) is -0.148. The van der Waals surface area contributed by atoms with Crippen LogP contribution < -0.4 is 10.5 Å². The van der Waals surface area contributed by atoms with E-state index in [-0.39, 0.29) is 5.56 Å².